The van der Waals surface area contributed by atoms with Crippen LogP contribution in [0, 0.1) is 0 Å². The van der Waals surface area contributed by atoms with Gasteiger partial charge in [-0.2, -0.15) is 0 Å². The molecule has 1 heterocycles. The number of nitrogens with one attached hydrogen (secondary N) is 1. The Bertz CT molecular complexity index is 566. The maximum Gasteiger partial charge on any atom is 0.130 e. The predicted molar refractivity (Wildman–Crippen MR) is 81.7 cm³/mol. The molecule has 1 aromatic heterocycles. The minimum Gasteiger partial charge on any atom is -0.487 e. The molecule has 0 spiro atoms. The van der Waals surface area contributed by atoms with Crippen LogP contribution < -0.4 is 10.1 Å². The largest absolute Gasteiger partial charge is 0.487 e. The van der Waals surface area contributed by atoms with Crippen LogP contribution in [0.15, 0.2) is 55.1 Å². The summed E-state index contributed by atoms with van der Waals surface area (Å²) in [7, 11) is 1.91. The number of allylic oxidation sites excluding steroid dienone is 1. The number of hydrogen-bond acceptors (Lipinski definition) is 3. The molecule has 104 valence electrons. The summed E-state index contributed by atoms with van der Waals surface area (Å²) in [4.78, 5) is 4.55. The molecular formula is C17H20N2O. The van der Waals surface area contributed by atoms with Gasteiger partial charge in [0.15, 0.2) is 0 Å². The van der Waals surface area contributed by atoms with Gasteiger partial charge >= 0.3 is 0 Å². The van der Waals surface area contributed by atoms with Crippen molar-refractivity contribution in [2.45, 2.75) is 19.6 Å². The third-order valence-electron chi connectivity index (χ3n) is 2.93. The summed E-state index contributed by atoms with van der Waals surface area (Å²) in [5, 5.41) is 3.10. The zero-order valence-corrected chi connectivity index (χ0v) is 11.8. The minimum atomic E-state index is 0.478. The summed E-state index contributed by atoms with van der Waals surface area (Å²) < 4.78 is 5.88. The molecule has 0 bridgehead atoms. The molecule has 1 aromatic carbocycles. The SMILES string of the molecule is C=CCc1ccccc1OCc1cccc(CNC)n1. The molecule has 2 rings (SSSR count). The Labute approximate surface area is 120 Å². The third kappa shape index (κ3) is 3.93. The van der Waals surface area contributed by atoms with Gasteiger partial charge in [0.1, 0.15) is 12.4 Å². The summed E-state index contributed by atoms with van der Waals surface area (Å²) in [5.41, 5.74) is 3.10. The maximum absolute atomic E-state index is 5.88. The summed E-state index contributed by atoms with van der Waals surface area (Å²) >= 11 is 0. The number of rotatable bonds is 7. The molecule has 0 fully saturated rings. The first-order chi connectivity index (χ1) is 9.83. The molecular weight excluding hydrogens is 248 g/mol. The van der Waals surface area contributed by atoms with Gasteiger partial charge in [-0.15, -0.1) is 6.58 Å². The van der Waals surface area contributed by atoms with E-state index in [1.54, 1.807) is 0 Å². The van der Waals surface area contributed by atoms with Crippen molar-refractivity contribution in [1.82, 2.24) is 10.3 Å². The molecule has 0 amide bonds. The van der Waals surface area contributed by atoms with Gasteiger partial charge < -0.3 is 10.1 Å². The van der Waals surface area contributed by atoms with Crippen LogP contribution in [0.3, 0.4) is 0 Å². The van der Waals surface area contributed by atoms with Gasteiger partial charge in [-0.05, 0) is 37.2 Å². The van der Waals surface area contributed by atoms with Crippen molar-refractivity contribution in [1.29, 1.82) is 0 Å². The molecule has 0 atom stereocenters. The van der Waals surface area contributed by atoms with Crippen molar-refractivity contribution in [3.05, 3.63) is 72.1 Å². The van der Waals surface area contributed by atoms with E-state index in [4.69, 9.17) is 4.74 Å². The highest BCUT2D eigenvalue weighted by Crippen LogP contribution is 2.19. The molecule has 2 aromatic rings. The third-order valence-corrected chi connectivity index (χ3v) is 2.93. The van der Waals surface area contributed by atoms with E-state index >= 15 is 0 Å². The lowest BCUT2D eigenvalue weighted by atomic mass is 10.1. The van der Waals surface area contributed by atoms with Crippen molar-refractivity contribution in [2.24, 2.45) is 0 Å². The Morgan fingerprint density at radius 3 is 2.75 bits per heavy atom. The zero-order valence-electron chi connectivity index (χ0n) is 11.8. The van der Waals surface area contributed by atoms with Crippen molar-refractivity contribution in [3.63, 3.8) is 0 Å². The molecule has 3 heteroatoms. The normalized spacial score (nSPS) is 10.2. The van der Waals surface area contributed by atoms with Crippen LogP contribution in [0.4, 0.5) is 0 Å². The van der Waals surface area contributed by atoms with Crippen LogP contribution in [-0.2, 0) is 19.6 Å². The fourth-order valence-corrected chi connectivity index (χ4v) is 2.01. The van der Waals surface area contributed by atoms with Gasteiger partial charge in [0, 0.05) is 6.54 Å². The summed E-state index contributed by atoms with van der Waals surface area (Å²) in [5.74, 6) is 0.896. The molecule has 0 unspecified atom stereocenters. The number of para-hydroxylation sites is 1. The van der Waals surface area contributed by atoms with E-state index in [2.05, 4.69) is 22.9 Å². The molecule has 0 aliphatic carbocycles. The lowest BCUT2D eigenvalue weighted by Crippen LogP contribution is -2.08. The monoisotopic (exact) mass is 268 g/mol. The Kier molecular flexibility index (Phi) is 5.33. The molecule has 0 aliphatic heterocycles. The number of hydrogen-bond donors (Lipinski definition) is 1. The van der Waals surface area contributed by atoms with Crippen LogP contribution in [0.25, 0.3) is 0 Å². The zero-order chi connectivity index (χ0) is 14.2. The first-order valence-electron chi connectivity index (χ1n) is 6.74. The quantitative estimate of drug-likeness (QED) is 0.783. The van der Waals surface area contributed by atoms with Gasteiger partial charge in [-0.25, -0.2) is 0 Å². The van der Waals surface area contributed by atoms with Gasteiger partial charge in [0.25, 0.3) is 0 Å². The number of pyridine rings is 1. The van der Waals surface area contributed by atoms with Crippen LogP contribution in [0.1, 0.15) is 17.0 Å². The highest BCUT2D eigenvalue weighted by Gasteiger charge is 2.03. The Balaban J connectivity index is 2.04. The molecule has 0 aliphatic rings. The Morgan fingerprint density at radius 2 is 1.95 bits per heavy atom. The molecule has 20 heavy (non-hydrogen) atoms. The second-order valence-corrected chi connectivity index (χ2v) is 4.54. The van der Waals surface area contributed by atoms with Crippen LogP contribution in [0.5, 0.6) is 5.75 Å². The van der Waals surface area contributed by atoms with Crippen LogP contribution in [-0.4, -0.2) is 12.0 Å². The van der Waals surface area contributed by atoms with Crippen LogP contribution in [0.2, 0.25) is 0 Å². The topological polar surface area (TPSA) is 34.1 Å². The van der Waals surface area contributed by atoms with E-state index in [0.717, 1.165) is 35.7 Å². The van der Waals surface area contributed by atoms with Crippen LogP contribution >= 0.6 is 0 Å². The van der Waals surface area contributed by atoms with Crippen molar-refractivity contribution >= 4 is 0 Å². The number of benzene rings is 1. The average Bonchev–Trinajstić information content (AvgIpc) is 2.47. The molecule has 3 nitrogen and oxygen atoms in total. The predicted octanol–water partition coefficient (Wildman–Crippen LogP) is 3.11. The van der Waals surface area contributed by atoms with Crippen molar-refractivity contribution < 1.29 is 4.74 Å². The van der Waals surface area contributed by atoms with E-state index in [9.17, 15) is 0 Å². The Morgan fingerprint density at radius 1 is 1.15 bits per heavy atom. The van der Waals surface area contributed by atoms with E-state index in [0.29, 0.717) is 6.61 Å². The van der Waals surface area contributed by atoms with Gasteiger partial charge in [-0.3, -0.25) is 4.98 Å². The standard InChI is InChI=1S/C17H20N2O/c1-3-7-14-8-4-5-11-17(14)20-13-16-10-6-9-15(19-16)12-18-2/h3-6,8-11,18H,1,7,12-13H2,2H3. The highest BCUT2D eigenvalue weighted by molar-refractivity contribution is 5.34. The Hall–Kier alpha value is -2.13. The fraction of sp³-hybridized carbons (Fsp3) is 0.235. The van der Waals surface area contributed by atoms with Gasteiger partial charge in [0.05, 0.1) is 11.4 Å². The van der Waals surface area contributed by atoms with Crippen molar-refractivity contribution in [3.8, 4) is 5.75 Å². The first-order valence-corrected chi connectivity index (χ1v) is 6.74. The van der Waals surface area contributed by atoms with E-state index in [1.165, 1.54) is 0 Å². The molecule has 0 radical (unpaired) electrons. The van der Waals surface area contributed by atoms with E-state index in [-0.39, 0.29) is 0 Å². The minimum absolute atomic E-state index is 0.478. The summed E-state index contributed by atoms with van der Waals surface area (Å²) in [6, 6.07) is 14.0. The molecule has 1 N–H and O–H groups in total. The second kappa shape index (κ2) is 7.46. The second-order valence-electron chi connectivity index (χ2n) is 4.54. The molecule has 0 saturated heterocycles. The average molecular weight is 268 g/mol. The number of aromatic nitrogens is 1. The van der Waals surface area contributed by atoms with Crippen molar-refractivity contribution in [2.75, 3.05) is 7.05 Å². The number of nitrogens with zero attached hydrogens (tertiary/aromatic N) is 1. The van der Waals surface area contributed by atoms with Gasteiger partial charge in [0.2, 0.25) is 0 Å². The summed E-state index contributed by atoms with van der Waals surface area (Å²) in [6.45, 7) is 5.02. The lowest BCUT2D eigenvalue weighted by molar-refractivity contribution is 0.298. The number of ether oxygens (including phenoxy) is 1. The van der Waals surface area contributed by atoms with Gasteiger partial charge in [-0.1, -0.05) is 30.3 Å². The van der Waals surface area contributed by atoms with E-state index < -0.39 is 0 Å². The first kappa shape index (κ1) is 14.3. The molecule has 0 saturated carbocycles. The smallest absolute Gasteiger partial charge is 0.130 e. The summed E-state index contributed by atoms with van der Waals surface area (Å²) in [6.07, 6.45) is 2.69. The lowest BCUT2D eigenvalue weighted by Gasteiger charge is -2.10. The fourth-order valence-electron chi connectivity index (χ4n) is 2.01. The highest BCUT2D eigenvalue weighted by atomic mass is 16.5. The van der Waals surface area contributed by atoms with E-state index in [1.807, 2.05) is 49.5 Å². The maximum atomic E-state index is 5.88.